The molecule has 1 rings (SSSR count). The molecule has 1 aromatic carbocycles. The van der Waals surface area contributed by atoms with Crippen LogP contribution in [0.4, 0.5) is 5.69 Å². The van der Waals surface area contributed by atoms with Gasteiger partial charge in [0.25, 0.3) is 0 Å². The average molecular weight is 331 g/mol. The first-order valence-corrected chi connectivity index (χ1v) is 8.67. The normalized spacial score (nSPS) is 12.5. The molecule has 1 amide bonds. The van der Waals surface area contributed by atoms with Crippen molar-refractivity contribution in [3.05, 3.63) is 41.9 Å². The van der Waals surface area contributed by atoms with Crippen molar-refractivity contribution in [2.45, 2.75) is 19.4 Å². The molecule has 0 aliphatic carbocycles. The van der Waals surface area contributed by atoms with Crippen LogP contribution in [0.5, 0.6) is 0 Å². The van der Waals surface area contributed by atoms with Crippen LogP contribution in [0.3, 0.4) is 0 Å². The standard InChI is InChI=1S/C14H19ClN2O3S/c1-4-10-16-14(18)13(5-2)17(21(3,19)20)12-8-6-11(15)7-9-12/h4,6-9,13H,1,5,10H2,2-3H3,(H,16,18). The lowest BCUT2D eigenvalue weighted by atomic mass is 10.2. The third-order valence-electron chi connectivity index (χ3n) is 2.83. The molecule has 0 spiro atoms. The minimum absolute atomic E-state index is 0.285. The minimum Gasteiger partial charge on any atom is -0.351 e. The van der Waals surface area contributed by atoms with Gasteiger partial charge in [-0.15, -0.1) is 6.58 Å². The topological polar surface area (TPSA) is 66.5 Å². The van der Waals surface area contributed by atoms with Gasteiger partial charge in [0.05, 0.1) is 11.9 Å². The lowest BCUT2D eigenvalue weighted by Crippen LogP contribution is -2.49. The van der Waals surface area contributed by atoms with E-state index in [4.69, 9.17) is 11.6 Å². The summed E-state index contributed by atoms with van der Waals surface area (Å²) in [7, 11) is -3.61. The van der Waals surface area contributed by atoms with Crippen LogP contribution in [0.15, 0.2) is 36.9 Å². The van der Waals surface area contributed by atoms with Crippen LogP contribution in [-0.4, -0.2) is 33.2 Å². The minimum atomic E-state index is -3.61. The van der Waals surface area contributed by atoms with Gasteiger partial charge in [0, 0.05) is 11.6 Å². The molecule has 0 aromatic heterocycles. The van der Waals surface area contributed by atoms with E-state index >= 15 is 0 Å². The van der Waals surface area contributed by atoms with Crippen LogP contribution < -0.4 is 9.62 Å². The van der Waals surface area contributed by atoms with Gasteiger partial charge in [-0.3, -0.25) is 9.10 Å². The lowest BCUT2D eigenvalue weighted by molar-refractivity contribution is -0.122. The van der Waals surface area contributed by atoms with Crippen LogP contribution >= 0.6 is 11.6 Å². The molecule has 1 N–H and O–H groups in total. The van der Waals surface area contributed by atoms with E-state index < -0.39 is 16.1 Å². The Morgan fingerprint density at radius 3 is 2.43 bits per heavy atom. The first-order valence-electron chi connectivity index (χ1n) is 6.44. The molecule has 21 heavy (non-hydrogen) atoms. The fraction of sp³-hybridized carbons (Fsp3) is 0.357. The van der Waals surface area contributed by atoms with Crippen LogP contribution in [0, 0.1) is 0 Å². The second-order valence-corrected chi connectivity index (χ2v) is 6.79. The van der Waals surface area contributed by atoms with Crippen LogP contribution in [-0.2, 0) is 14.8 Å². The maximum absolute atomic E-state index is 12.2. The quantitative estimate of drug-likeness (QED) is 0.779. The predicted molar refractivity (Wildman–Crippen MR) is 86.1 cm³/mol. The van der Waals surface area contributed by atoms with Gasteiger partial charge >= 0.3 is 0 Å². The van der Waals surface area contributed by atoms with Crippen LogP contribution in [0.2, 0.25) is 5.02 Å². The summed E-state index contributed by atoms with van der Waals surface area (Å²) in [6.45, 7) is 5.56. The molecule has 0 saturated carbocycles. The SMILES string of the molecule is C=CCNC(=O)C(CC)N(c1ccc(Cl)cc1)S(C)(=O)=O. The molecule has 116 valence electrons. The Bertz CT molecular complexity index is 599. The van der Waals surface area contributed by atoms with Gasteiger partial charge < -0.3 is 5.32 Å². The molecule has 7 heteroatoms. The number of nitrogens with one attached hydrogen (secondary N) is 1. The molecule has 5 nitrogen and oxygen atoms in total. The summed E-state index contributed by atoms with van der Waals surface area (Å²) in [5.41, 5.74) is 0.405. The number of carbonyl (C=O) groups is 1. The zero-order chi connectivity index (χ0) is 16.0. The Labute approximate surface area is 130 Å². The highest BCUT2D eigenvalue weighted by atomic mass is 35.5. The smallest absolute Gasteiger partial charge is 0.244 e. The number of hydrogen-bond acceptors (Lipinski definition) is 3. The van der Waals surface area contributed by atoms with Crippen molar-refractivity contribution < 1.29 is 13.2 Å². The summed E-state index contributed by atoms with van der Waals surface area (Å²) in [5.74, 6) is -0.363. The number of sulfonamides is 1. The van der Waals surface area contributed by atoms with E-state index in [1.807, 2.05) is 0 Å². The van der Waals surface area contributed by atoms with Crippen molar-refractivity contribution >= 4 is 33.2 Å². The number of anilines is 1. The van der Waals surface area contributed by atoms with E-state index in [2.05, 4.69) is 11.9 Å². The summed E-state index contributed by atoms with van der Waals surface area (Å²) in [6.07, 6.45) is 2.96. The first kappa shape index (κ1) is 17.5. The number of benzene rings is 1. The molecular formula is C14H19ClN2O3S. The molecule has 1 unspecified atom stereocenters. The highest BCUT2D eigenvalue weighted by Gasteiger charge is 2.31. The third-order valence-corrected chi connectivity index (χ3v) is 4.26. The number of carbonyl (C=O) groups excluding carboxylic acids is 1. The highest BCUT2D eigenvalue weighted by molar-refractivity contribution is 7.92. The fourth-order valence-electron chi connectivity index (χ4n) is 1.94. The third kappa shape index (κ3) is 4.75. The van der Waals surface area contributed by atoms with Crippen molar-refractivity contribution in [2.75, 3.05) is 17.1 Å². The number of hydrogen-bond donors (Lipinski definition) is 1. The van der Waals surface area contributed by atoms with E-state index in [1.165, 1.54) is 6.08 Å². The highest BCUT2D eigenvalue weighted by Crippen LogP contribution is 2.24. The van der Waals surface area contributed by atoms with Crippen LogP contribution in [0.1, 0.15) is 13.3 Å². The molecule has 1 aromatic rings. The maximum atomic E-state index is 12.2. The summed E-state index contributed by atoms with van der Waals surface area (Å²) >= 11 is 5.82. The Kier molecular flexibility index (Phi) is 6.23. The van der Waals surface area contributed by atoms with E-state index in [9.17, 15) is 13.2 Å². The largest absolute Gasteiger partial charge is 0.351 e. The lowest BCUT2D eigenvalue weighted by Gasteiger charge is -2.30. The zero-order valence-corrected chi connectivity index (χ0v) is 13.6. The Hall–Kier alpha value is -1.53. The maximum Gasteiger partial charge on any atom is 0.244 e. The van der Waals surface area contributed by atoms with Crippen molar-refractivity contribution in [1.29, 1.82) is 0 Å². The second kappa shape index (κ2) is 7.47. The van der Waals surface area contributed by atoms with Gasteiger partial charge in [0.2, 0.25) is 15.9 Å². The van der Waals surface area contributed by atoms with E-state index in [1.54, 1.807) is 31.2 Å². The molecular weight excluding hydrogens is 312 g/mol. The molecule has 0 aliphatic heterocycles. The fourth-order valence-corrected chi connectivity index (χ4v) is 3.28. The molecule has 1 atom stereocenters. The van der Waals surface area contributed by atoms with Crippen molar-refractivity contribution in [3.8, 4) is 0 Å². The van der Waals surface area contributed by atoms with Gasteiger partial charge in [-0.25, -0.2) is 8.42 Å². The number of nitrogens with zero attached hydrogens (tertiary/aromatic N) is 1. The Balaban J connectivity index is 3.20. The molecule has 0 aliphatic rings. The summed E-state index contributed by atoms with van der Waals surface area (Å²) in [5, 5.41) is 3.12. The molecule has 0 heterocycles. The van der Waals surface area contributed by atoms with E-state index in [0.29, 0.717) is 17.1 Å². The second-order valence-electron chi connectivity index (χ2n) is 4.49. The monoisotopic (exact) mass is 330 g/mol. The van der Waals surface area contributed by atoms with Gasteiger partial charge in [-0.05, 0) is 30.7 Å². The van der Waals surface area contributed by atoms with E-state index in [0.717, 1.165) is 10.6 Å². The van der Waals surface area contributed by atoms with E-state index in [-0.39, 0.29) is 12.5 Å². The van der Waals surface area contributed by atoms with Crippen LogP contribution in [0.25, 0.3) is 0 Å². The van der Waals surface area contributed by atoms with Crippen molar-refractivity contribution in [1.82, 2.24) is 5.32 Å². The van der Waals surface area contributed by atoms with Crippen molar-refractivity contribution in [2.24, 2.45) is 0 Å². The molecule has 0 radical (unpaired) electrons. The van der Waals surface area contributed by atoms with Gasteiger partial charge in [-0.1, -0.05) is 24.6 Å². The summed E-state index contributed by atoms with van der Waals surface area (Å²) in [4.78, 5) is 12.2. The van der Waals surface area contributed by atoms with Crippen molar-refractivity contribution in [3.63, 3.8) is 0 Å². The zero-order valence-electron chi connectivity index (χ0n) is 12.0. The van der Waals surface area contributed by atoms with Gasteiger partial charge in [-0.2, -0.15) is 0 Å². The Morgan fingerprint density at radius 2 is 2.00 bits per heavy atom. The molecule has 0 bridgehead atoms. The number of amides is 1. The Morgan fingerprint density at radius 1 is 1.43 bits per heavy atom. The van der Waals surface area contributed by atoms with Gasteiger partial charge in [0.15, 0.2) is 0 Å². The first-order chi connectivity index (χ1) is 9.81. The molecule has 0 fully saturated rings. The number of rotatable bonds is 7. The summed E-state index contributed by atoms with van der Waals surface area (Å²) in [6, 6.07) is 5.51. The molecule has 0 saturated heterocycles. The van der Waals surface area contributed by atoms with Gasteiger partial charge in [0.1, 0.15) is 6.04 Å². The average Bonchev–Trinajstić information content (AvgIpc) is 2.42. The summed E-state index contributed by atoms with van der Waals surface area (Å²) < 4.78 is 25.3. The predicted octanol–water partition coefficient (Wildman–Crippen LogP) is 2.19. The number of halogens is 1.